The van der Waals surface area contributed by atoms with E-state index in [1.807, 2.05) is 6.92 Å². The molecule has 1 aliphatic carbocycles. The van der Waals surface area contributed by atoms with Gasteiger partial charge in [0.1, 0.15) is 11.4 Å². The van der Waals surface area contributed by atoms with Crippen molar-refractivity contribution in [2.24, 2.45) is 0 Å². The normalized spacial score (nSPS) is 19.4. The maximum atomic E-state index is 12.7. The molecule has 0 amide bonds. The van der Waals surface area contributed by atoms with Gasteiger partial charge in [-0.2, -0.15) is 0 Å². The summed E-state index contributed by atoms with van der Waals surface area (Å²) in [4.78, 5) is 3.95. The van der Waals surface area contributed by atoms with Crippen molar-refractivity contribution < 1.29 is 9.50 Å². The second-order valence-electron chi connectivity index (χ2n) is 4.40. The van der Waals surface area contributed by atoms with E-state index >= 15 is 0 Å². The van der Waals surface area contributed by atoms with Crippen LogP contribution in [0.5, 0.6) is 0 Å². The number of aromatic nitrogens is 1. The van der Waals surface area contributed by atoms with Gasteiger partial charge in [0.15, 0.2) is 0 Å². The van der Waals surface area contributed by atoms with E-state index in [-0.39, 0.29) is 5.82 Å². The van der Waals surface area contributed by atoms with E-state index in [0.717, 1.165) is 6.20 Å². The van der Waals surface area contributed by atoms with Gasteiger partial charge in [0.25, 0.3) is 0 Å². The number of nitrogens with zero attached hydrogens (tertiary/aromatic N) is 1. The highest BCUT2D eigenvalue weighted by molar-refractivity contribution is 5.14. The average Bonchev–Trinajstić information content (AvgIpc) is 3.11. The van der Waals surface area contributed by atoms with Crippen LogP contribution < -0.4 is 5.32 Å². The molecule has 1 aliphatic rings. The third-order valence-electron chi connectivity index (χ3n) is 3.05. The number of aliphatic hydroxyl groups is 1. The zero-order valence-electron chi connectivity index (χ0n) is 9.41. The molecule has 0 saturated heterocycles. The average molecular weight is 224 g/mol. The number of halogens is 1. The predicted octanol–water partition coefficient (Wildman–Crippen LogP) is 1.57. The van der Waals surface area contributed by atoms with Gasteiger partial charge in [-0.1, -0.05) is 6.92 Å². The van der Waals surface area contributed by atoms with Crippen LogP contribution in [0, 0.1) is 5.82 Å². The summed E-state index contributed by atoms with van der Waals surface area (Å²) in [7, 11) is 0. The molecule has 1 aromatic heterocycles. The van der Waals surface area contributed by atoms with Crippen LogP contribution in [0.25, 0.3) is 0 Å². The van der Waals surface area contributed by atoms with E-state index in [1.54, 1.807) is 6.07 Å². The lowest BCUT2D eigenvalue weighted by Gasteiger charge is -2.26. The number of hydrogen-bond donors (Lipinski definition) is 2. The molecule has 1 saturated carbocycles. The fraction of sp³-hybridized carbons (Fsp3) is 0.583. The van der Waals surface area contributed by atoms with E-state index in [0.29, 0.717) is 24.7 Å². The van der Waals surface area contributed by atoms with Crippen LogP contribution in [0.4, 0.5) is 4.39 Å². The van der Waals surface area contributed by atoms with Crippen LogP contribution in [0.3, 0.4) is 0 Å². The second kappa shape index (κ2) is 4.47. The van der Waals surface area contributed by atoms with Gasteiger partial charge in [0.05, 0.1) is 11.9 Å². The minimum Gasteiger partial charge on any atom is -0.382 e. The monoisotopic (exact) mass is 224 g/mol. The maximum absolute atomic E-state index is 12.7. The van der Waals surface area contributed by atoms with Crippen LogP contribution in [0.2, 0.25) is 0 Å². The number of pyridine rings is 1. The molecule has 2 N–H and O–H groups in total. The summed E-state index contributed by atoms with van der Waals surface area (Å²) in [6.07, 6.45) is 4.06. The highest BCUT2D eigenvalue weighted by Crippen LogP contribution is 2.25. The summed E-state index contributed by atoms with van der Waals surface area (Å²) in [5.74, 6) is -0.377. The minimum atomic E-state index is -0.990. The lowest BCUT2D eigenvalue weighted by molar-refractivity contribution is 0.0279. The second-order valence-corrected chi connectivity index (χ2v) is 4.40. The first-order valence-corrected chi connectivity index (χ1v) is 5.72. The Labute approximate surface area is 94.7 Å². The fourth-order valence-corrected chi connectivity index (χ4v) is 1.65. The van der Waals surface area contributed by atoms with Crippen molar-refractivity contribution >= 4 is 0 Å². The van der Waals surface area contributed by atoms with E-state index in [9.17, 15) is 9.50 Å². The molecule has 0 bridgehead atoms. The summed E-state index contributed by atoms with van der Waals surface area (Å²) in [5, 5.41) is 13.7. The van der Waals surface area contributed by atoms with Crippen molar-refractivity contribution in [3.05, 3.63) is 29.8 Å². The predicted molar refractivity (Wildman–Crippen MR) is 59.4 cm³/mol. The van der Waals surface area contributed by atoms with E-state index in [2.05, 4.69) is 10.3 Å². The Hall–Kier alpha value is -1.00. The van der Waals surface area contributed by atoms with Gasteiger partial charge in [-0.15, -0.1) is 0 Å². The van der Waals surface area contributed by atoms with Crippen molar-refractivity contribution in [1.82, 2.24) is 10.3 Å². The first-order valence-electron chi connectivity index (χ1n) is 5.72. The molecule has 2 rings (SSSR count). The van der Waals surface area contributed by atoms with Crippen LogP contribution in [0.15, 0.2) is 18.3 Å². The topological polar surface area (TPSA) is 45.1 Å². The molecule has 3 nitrogen and oxygen atoms in total. The van der Waals surface area contributed by atoms with E-state index in [4.69, 9.17) is 0 Å². The first kappa shape index (κ1) is 11.5. The van der Waals surface area contributed by atoms with Gasteiger partial charge in [-0.3, -0.25) is 4.98 Å². The van der Waals surface area contributed by atoms with Crippen molar-refractivity contribution in [2.75, 3.05) is 6.54 Å². The number of nitrogens with one attached hydrogen (secondary N) is 1. The SMILES string of the molecule is CCC(O)(CNC1CC1)c1ccc(F)cn1. The summed E-state index contributed by atoms with van der Waals surface area (Å²) in [6, 6.07) is 3.42. The van der Waals surface area contributed by atoms with Crippen molar-refractivity contribution in [3.63, 3.8) is 0 Å². The lowest BCUT2D eigenvalue weighted by Crippen LogP contribution is -2.39. The molecule has 0 radical (unpaired) electrons. The Morgan fingerprint density at radius 3 is 2.81 bits per heavy atom. The Kier molecular flexibility index (Phi) is 3.21. The Bertz CT molecular complexity index is 351. The van der Waals surface area contributed by atoms with Crippen LogP contribution >= 0.6 is 0 Å². The highest BCUT2D eigenvalue weighted by atomic mass is 19.1. The van der Waals surface area contributed by atoms with E-state index in [1.165, 1.54) is 18.9 Å². The molecule has 1 atom stereocenters. The zero-order chi connectivity index (χ0) is 11.6. The highest BCUT2D eigenvalue weighted by Gasteiger charge is 2.31. The smallest absolute Gasteiger partial charge is 0.141 e. The van der Waals surface area contributed by atoms with Gasteiger partial charge in [-0.05, 0) is 31.4 Å². The molecule has 88 valence electrons. The molecule has 1 heterocycles. The Balaban J connectivity index is 2.08. The summed E-state index contributed by atoms with van der Waals surface area (Å²) in [5.41, 5.74) is -0.458. The Morgan fingerprint density at radius 2 is 2.31 bits per heavy atom. The number of rotatable bonds is 5. The van der Waals surface area contributed by atoms with Crippen molar-refractivity contribution in [2.45, 2.75) is 37.8 Å². The largest absolute Gasteiger partial charge is 0.382 e. The third kappa shape index (κ3) is 2.57. The lowest BCUT2D eigenvalue weighted by atomic mass is 9.95. The van der Waals surface area contributed by atoms with E-state index < -0.39 is 5.60 Å². The zero-order valence-corrected chi connectivity index (χ0v) is 9.41. The third-order valence-corrected chi connectivity index (χ3v) is 3.05. The molecule has 16 heavy (non-hydrogen) atoms. The first-order chi connectivity index (χ1) is 7.64. The van der Waals surface area contributed by atoms with Crippen molar-refractivity contribution in [3.8, 4) is 0 Å². The molecule has 1 fully saturated rings. The summed E-state index contributed by atoms with van der Waals surface area (Å²) < 4.78 is 12.7. The maximum Gasteiger partial charge on any atom is 0.141 e. The van der Waals surface area contributed by atoms with Crippen LogP contribution in [0.1, 0.15) is 31.9 Å². The molecule has 0 spiro atoms. The van der Waals surface area contributed by atoms with Gasteiger partial charge in [0.2, 0.25) is 0 Å². The molecule has 0 aromatic carbocycles. The Morgan fingerprint density at radius 1 is 1.56 bits per heavy atom. The van der Waals surface area contributed by atoms with Gasteiger partial charge >= 0.3 is 0 Å². The molecule has 1 unspecified atom stereocenters. The standard InChI is InChI=1S/C12H17FN2O/c1-2-12(16,8-15-10-4-5-10)11-6-3-9(13)7-14-11/h3,6-7,10,15-16H,2,4-5,8H2,1H3. The fourth-order valence-electron chi connectivity index (χ4n) is 1.65. The van der Waals surface area contributed by atoms with Crippen LogP contribution in [-0.2, 0) is 5.60 Å². The molecular formula is C12H17FN2O. The summed E-state index contributed by atoms with van der Waals surface area (Å²) >= 11 is 0. The van der Waals surface area contributed by atoms with Gasteiger partial charge < -0.3 is 10.4 Å². The molecule has 4 heteroatoms. The minimum absolute atomic E-state index is 0.377. The van der Waals surface area contributed by atoms with Gasteiger partial charge in [0, 0.05) is 12.6 Å². The van der Waals surface area contributed by atoms with Gasteiger partial charge in [-0.25, -0.2) is 4.39 Å². The van der Waals surface area contributed by atoms with Crippen LogP contribution in [-0.4, -0.2) is 22.7 Å². The number of hydrogen-bond acceptors (Lipinski definition) is 3. The molecule has 1 aromatic rings. The quantitative estimate of drug-likeness (QED) is 0.798. The summed E-state index contributed by atoms with van der Waals surface area (Å²) in [6.45, 7) is 2.38. The van der Waals surface area contributed by atoms with Crippen molar-refractivity contribution in [1.29, 1.82) is 0 Å². The molecule has 0 aliphatic heterocycles. The molecular weight excluding hydrogens is 207 g/mol.